The predicted octanol–water partition coefficient (Wildman–Crippen LogP) is 2.85. The van der Waals surface area contributed by atoms with Gasteiger partial charge in [0.2, 0.25) is 0 Å². The third kappa shape index (κ3) is 4.85. The van der Waals surface area contributed by atoms with E-state index in [0.29, 0.717) is 16.6 Å². The number of halogens is 2. The van der Waals surface area contributed by atoms with Crippen LogP contribution in [0.3, 0.4) is 0 Å². The van der Waals surface area contributed by atoms with Gasteiger partial charge in [-0.2, -0.15) is 0 Å². The molecule has 0 saturated heterocycles. The van der Waals surface area contributed by atoms with Crippen LogP contribution in [-0.2, 0) is 19.5 Å². The van der Waals surface area contributed by atoms with Crippen LogP contribution in [0.4, 0.5) is 0 Å². The van der Waals surface area contributed by atoms with Gasteiger partial charge in [-0.1, -0.05) is 36.2 Å². The van der Waals surface area contributed by atoms with Crippen LogP contribution in [-0.4, -0.2) is 46.3 Å². The molecule has 0 bridgehead atoms. The van der Waals surface area contributed by atoms with Crippen LogP contribution in [0.15, 0.2) is 29.5 Å². The molecule has 0 saturated carbocycles. The summed E-state index contributed by atoms with van der Waals surface area (Å²) in [5, 5.41) is 12.5. The zero-order valence-corrected chi connectivity index (χ0v) is 15.6. The molecule has 6 nitrogen and oxygen atoms in total. The highest BCUT2D eigenvalue weighted by Crippen LogP contribution is 2.23. The number of aliphatic imine (C=N–C) groups is 1. The molecule has 2 rings (SSSR count). The van der Waals surface area contributed by atoms with E-state index >= 15 is 0 Å². The first-order chi connectivity index (χ1) is 11.5. The summed E-state index contributed by atoms with van der Waals surface area (Å²) in [6.07, 6.45) is 2.62. The van der Waals surface area contributed by atoms with Crippen LogP contribution >= 0.6 is 23.2 Å². The molecule has 8 heteroatoms. The molecule has 24 heavy (non-hydrogen) atoms. The lowest BCUT2D eigenvalue weighted by molar-refractivity contribution is 0.472. The number of rotatable bonds is 6. The third-order valence-electron chi connectivity index (χ3n) is 3.62. The minimum atomic E-state index is 0.560. The molecule has 1 N–H and O–H groups in total. The molecule has 1 aromatic heterocycles. The van der Waals surface area contributed by atoms with Gasteiger partial charge in [0, 0.05) is 40.2 Å². The molecule has 0 aliphatic rings. The van der Waals surface area contributed by atoms with Crippen molar-refractivity contribution in [2.45, 2.75) is 26.4 Å². The predicted molar refractivity (Wildman–Crippen MR) is 98.7 cm³/mol. The standard InChI is InChI=1S/C16H22Cl2N6/c1-4-15-22-21-11-24(15)8-7-20-16(19-2)23(3)10-12-5-6-13(17)14(18)9-12/h5-6,9,11H,4,7-8,10H2,1-3H3,(H,19,20). The molecule has 0 aliphatic carbocycles. The van der Waals surface area contributed by atoms with E-state index in [1.165, 1.54) is 0 Å². The normalized spacial score (nSPS) is 11.6. The van der Waals surface area contributed by atoms with Gasteiger partial charge in [-0.05, 0) is 17.7 Å². The van der Waals surface area contributed by atoms with Crippen molar-refractivity contribution in [3.8, 4) is 0 Å². The minimum absolute atomic E-state index is 0.560. The first-order valence-electron chi connectivity index (χ1n) is 7.77. The maximum absolute atomic E-state index is 6.07. The Morgan fingerprint density at radius 1 is 1.33 bits per heavy atom. The van der Waals surface area contributed by atoms with Gasteiger partial charge >= 0.3 is 0 Å². The highest BCUT2D eigenvalue weighted by Gasteiger charge is 2.08. The maximum atomic E-state index is 6.07. The molecular weight excluding hydrogens is 347 g/mol. The fraction of sp³-hybridized carbons (Fsp3) is 0.438. The molecule has 0 radical (unpaired) electrons. The Labute approximate surface area is 152 Å². The summed E-state index contributed by atoms with van der Waals surface area (Å²) >= 11 is 12.0. The number of aromatic nitrogens is 3. The van der Waals surface area contributed by atoms with Gasteiger partial charge in [0.25, 0.3) is 0 Å². The Hall–Kier alpha value is -1.79. The summed E-state index contributed by atoms with van der Waals surface area (Å²) in [4.78, 5) is 6.35. The Morgan fingerprint density at radius 3 is 2.79 bits per heavy atom. The van der Waals surface area contributed by atoms with Crippen molar-refractivity contribution >= 4 is 29.2 Å². The van der Waals surface area contributed by atoms with E-state index in [1.807, 2.05) is 34.7 Å². The van der Waals surface area contributed by atoms with Gasteiger partial charge in [-0.25, -0.2) is 0 Å². The number of hydrogen-bond donors (Lipinski definition) is 1. The fourth-order valence-corrected chi connectivity index (χ4v) is 2.72. The SMILES string of the molecule is CCc1nncn1CCNC(=NC)N(C)Cc1ccc(Cl)c(Cl)c1. The van der Waals surface area contributed by atoms with E-state index in [9.17, 15) is 0 Å². The second-order valence-corrected chi connectivity index (χ2v) is 6.19. The molecule has 1 heterocycles. The van der Waals surface area contributed by atoms with Crippen molar-refractivity contribution < 1.29 is 0 Å². The lowest BCUT2D eigenvalue weighted by Crippen LogP contribution is -2.39. The van der Waals surface area contributed by atoms with E-state index in [0.717, 1.165) is 36.9 Å². The fourth-order valence-electron chi connectivity index (χ4n) is 2.40. The molecule has 0 spiro atoms. The number of guanidine groups is 1. The molecule has 2 aromatic rings. The first-order valence-corrected chi connectivity index (χ1v) is 8.53. The molecule has 0 aliphatic heterocycles. The maximum Gasteiger partial charge on any atom is 0.193 e. The summed E-state index contributed by atoms with van der Waals surface area (Å²) in [6.45, 7) is 4.28. The Morgan fingerprint density at radius 2 is 2.12 bits per heavy atom. The molecule has 0 unspecified atom stereocenters. The first kappa shape index (κ1) is 18.5. The summed E-state index contributed by atoms with van der Waals surface area (Å²) in [6, 6.07) is 5.64. The number of nitrogens with one attached hydrogen (secondary N) is 1. The quantitative estimate of drug-likeness (QED) is 0.629. The molecule has 0 amide bonds. The van der Waals surface area contributed by atoms with Crippen LogP contribution in [0.1, 0.15) is 18.3 Å². The largest absolute Gasteiger partial charge is 0.354 e. The molecular formula is C16H22Cl2N6. The second kappa shape index (κ2) is 8.89. The van der Waals surface area contributed by atoms with Gasteiger partial charge < -0.3 is 14.8 Å². The molecule has 1 aromatic carbocycles. The summed E-state index contributed by atoms with van der Waals surface area (Å²) in [5.74, 6) is 1.79. The number of hydrogen-bond acceptors (Lipinski definition) is 3. The zero-order chi connectivity index (χ0) is 17.5. The third-order valence-corrected chi connectivity index (χ3v) is 4.36. The summed E-state index contributed by atoms with van der Waals surface area (Å²) < 4.78 is 2.04. The van der Waals surface area contributed by atoms with Crippen molar-refractivity contribution in [2.24, 2.45) is 4.99 Å². The van der Waals surface area contributed by atoms with Crippen LogP contribution < -0.4 is 5.32 Å². The van der Waals surface area contributed by atoms with E-state index in [1.54, 1.807) is 13.4 Å². The second-order valence-electron chi connectivity index (χ2n) is 5.37. The Kier molecular flexibility index (Phi) is 6.87. The van der Waals surface area contributed by atoms with Gasteiger partial charge in [-0.3, -0.25) is 4.99 Å². The smallest absolute Gasteiger partial charge is 0.193 e. The van der Waals surface area contributed by atoms with Gasteiger partial charge in [0.05, 0.1) is 10.0 Å². The van der Waals surface area contributed by atoms with Crippen LogP contribution in [0.25, 0.3) is 0 Å². The van der Waals surface area contributed by atoms with E-state index in [4.69, 9.17) is 23.2 Å². The van der Waals surface area contributed by atoms with E-state index in [-0.39, 0.29) is 0 Å². The molecule has 130 valence electrons. The van der Waals surface area contributed by atoms with Crippen LogP contribution in [0.5, 0.6) is 0 Å². The number of benzene rings is 1. The van der Waals surface area contributed by atoms with Crippen molar-refractivity contribution in [2.75, 3.05) is 20.6 Å². The lowest BCUT2D eigenvalue weighted by Gasteiger charge is -2.22. The van der Waals surface area contributed by atoms with Gasteiger partial charge in [0.15, 0.2) is 5.96 Å². The highest BCUT2D eigenvalue weighted by atomic mass is 35.5. The van der Waals surface area contributed by atoms with Crippen molar-refractivity contribution in [1.29, 1.82) is 0 Å². The zero-order valence-electron chi connectivity index (χ0n) is 14.1. The highest BCUT2D eigenvalue weighted by molar-refractivity contribution is 6.42. The van der Waals surface area contributed by atoms with Crippen molar-refractivity contribution in [3.63, 3.8) is 0 Å². The molecule has 0 atom stereocenters. The molecule has 0 fully saturated rings. The summed E-state index contributed by atoms with van der Waals surface area (Å²) in [5.41, 5.74) is 1.07. The topological polar surface area (TPSA) is 58.3 Å². The van der Waals surface area contributed by atoms with Crippen LogP contribution in [0.2, 0.25) is 10.0 Å². The number of nitrogens with zero attached hydrogens (tertiary/aromatic N) is 5. The van der Waals surface area contributed by atoms with Crippen LogP contribution in [0, 0.1) is 0 Å². The van der Waals surface area contributed by atoms with E-state index in [2.05, 4.69) is 27.4 Å². The minimum Gasteiger partial charge on any atom is -0.354 e. The number of aryl methyl sites for hydroxylation is 1. The van der Waals surface area contributed by atoms with Gasteiger partial charge in [-0.15, -0.1) is 10.2 Å². The van der Waals surface area contributed by atoms with Gasteiger partial charge in [0.1, 0.15) is 12.2 Å². The van der Waals surface area contributed by atoms with E-state index < -0.39 is 0 Å². The average molecular weight is 369 g/mol. The monoisotopic (exact) mass is 368 g/mol. The lowest BCUT2D eigenvalue weighted by atomic mass is 10.2. The average Bonchev–Trinajstić information content (AvgIpc) is 3.02. The Balaban J connectivity index is 1.89. The Bertz CT molecular complexity index is 698. The summed E-state index contributed by atoms with van der Waals surface area (Å²) in [7, 11) is 3.75. The van der Waals surface area contributed by atoms with Crippen molar-refractivity contribution in [3.05, 3.63) is 46.0 Å². The van der Waals surface area contributed by atoms with Crippen molar-refractivity contribution in [1.82, 2.24) is 25.0 Å².